The molecule has 0 fully saturated rings. The highest BCUT2D eigenvalue weighted by Crippen LogP contribution is 2.30. The van der Waals surface area contributed by atoms with Crippen LogP contribution in [0.2, 0.25) is 0 Å². The maximum atomic E-state index is 11.2. The number of halogens is 1. The van der Waals surface area contributed by atoms with Crippen LogP contribution in [-0.2, 0) is 12.4 Å². The molecule has 0 spiro atoms. The number of thiazole rings is 1. The summed E-state index contributed by atoms with van der Waals surface area (Å²) < 4.78 is 0. The molecule has 2 aromatic rings. The van der Waals surface area contributed by atoms with Crippen molar-refractivity contribution in [3.05, 3.63) is 50.0 Å². The standard InChI is InChI=1S/C13H14ClN3O2S/c1-9-15-11(8-20-9)7-16(2)12-4-3-10(6-14)5-13(12)17(18)19/h3-5,8H,6-7H2,1-2H3. The minimum absolute atomic E-state index is 0.0672. The molecule has 1 aromatic carbocycles. The van der Waals surface area contributed by atoms with Gasteiger partial charge in [0, 0.05) is 24.4 Å². The van der Waals surface area contributed by atoms with E-state index >= 15 is 0 Å². The van der Waals surface area contributed by atoms with E-state index in [4.69, 9.17) is 11.6 Å². The quantitative estimate of drug-likeness (QED) is 0.479. The first-order valence-electron chi connectivity index (χ1n) is 5.96. The molecule has 0 unspecified atom stereocenters. The molecule has 0 saturated carbocycles. The molecule has 20 heavy (non-hydrogen) atoms. The highest BCUT2D eigenvalue weighted by molar-refractivity contribution is 7.09. The number of rotatable bonds is 5. The van der Waals surface area contributed by atoms with Crippen molar-refractivity contribution in [2.24, 2.45) is 0 Å². The lowest BCUT2D eigenvalue weighted by Gasteiger charge is -2.18. The van der Waals surface area contributed by atoms with Crippen molar-refractivity contribution in [3.63, 3.8) is 0 Å². The van der Waals surface area contributed by atoms with Crippen LogP contribution in [0.15, 0.2) is 23.6 Å². The predicted octanol–water partition coefficient (Wildman–Crippen LogP) is 3.73. The number of aromatic nitrogens is 1. The van der Waals surface area contributed by atoms with Crippen LogP contribution in [0.5, 0.6) is 0 Å². The van der Waals surface area contributed by atoms with E-state index in [1.807, 2.05) is 24.3 Å². The molecule has 0 bridgehead atoms. The minimum Gasteiger partial charge on any atom is -0.363 e. The lowest BCUT2D eigenvalue weighted by molar-refractivity contribution is -0.384. The molecule has 7 heteroatoms. The first-order chi connectivity index (χ1) is 9.51. The van der Waals surface area contributed by atoms with Gasteiger partial charge in [0.1, 0.15) is 5.69 Å². The second-order valence-corrected chi connectivity index (χ2v) is 5.76. The largest absolute Gasteiger partial charge is 0.363 e. The number of nitrogens with zero attached hydrogens (tertiary/aromatic N) is 3. The SMILES string of the molecule is Cc1nc(CN(C)c2ccc(CCl)cc2[N+](=O)[O-])cs1. The highest BCUT2D eigenvalue weighted by atomic mass is 35.5. The van der Waals surface area contributed by atoms with E-state index < -0.39 is 0 Å². The zero-order valence-corrected chi connectivity index (χ0v) is 12.7. The second kappa shape index (κ2) is 6.19. The van der Waals surface area contributed by atoms with Crippen LogP contribution >= 0.6 is 22.9 Å². The Labute approximate surface area is 126 Å². The van der Waals surface area contributed by atoms with Gasteiger partial charge in [0.25, 0.3) is 5.69 Å². The topological polar surface area (TPSA) is 59.3 Å². The molecule has 0 N–H and O–H groups in total. The third-order valence-electron chi connectivity index (χ3n) is 2.87. The highest BCUT2D eigenvalue weighted by Gasteiger charge is 2.18. The molecule has 0 saturated heterocycles. The molecule has 5 nitrogen and oxygen atoms in total. The zero-order valence-electron chi connectivity index (χ0n) is 11.2. The van der Waals surface area contributed by atoms with Gasteiger partial charge >= 0.3 is 0 Å². The van der Waals surface area contributed by atoms with Crippen LogP contribution in [0, 0.1) is 17.0 Å². The molecule has 1 aromatic heterocycles. The summed E-state index contributed by atoms with van der Waals surface area (Å²) in [6.45, 7) is 2.47. The van der Waals surface area contributed by atoms with E-state index in [-0.39, 0.29) is 16.5 Å². The number of anilines is 1. The average Bonchev–Trinajstić information content (AvgIpc) is 2.83. The van der Waals surface area contributed by atoms with Gasteiger partial charge in [0.2, 0.25) is 0 Å². The fourth-order valence-electron chi connectivity index (χ4n) is 1.93. The summed E-state index contributed by atoms with van der Waals surface area (Å²) in [7, 11) is 1.82. The van der Waals surface area contributed by atoms with Gasteiger partial charge < -0.3 is 4.90 Å². The Balaban J connectivity index is 2.28. The van der Waals surface area contributed by atoms with E-state index in [9.17, 15) is 10.1 Å². The number of hydrogen-bond donors (Lipinski definition) is 0. The third kappa shape index (κ3) is 3.26. The summed E-state index contributed by atoms with van der Waals surface area (Å²) in [5, 5.41) is 14.1. The van der Waals surface area contributed by atoms with Crippen LogP contribution in [0.1, 0.15) is 16.3 Å². The molecular weight excluding hydrogens is 298 g/mol. The predicted molar refractivity (Wildman–Crippen MR) is 81.6 cm³/mol. The number of hydrogen-bond acceptors (Lipinski definition) is 5. The number of nitro groups is 1. The van der Waals surface area contributed by atoms with Crippen LogP contribution in [0.3, 0.4) is 0 Å². The molecule has 1 heterocycles. The van der Waals surface area contributed by atoms with Gasteiger partial charge in [-0.05, 0) is 18.6 Å². The van der Waals surface area contributed by atoms with Crippen LogP contribution in [-0.4, -0.2) is 17.0 Å². The van der Waals surface area contributed by atoms with Crippen molar-refractivity contribution in [3.8, 4) is 0 Å². The summed E-state index contributed by atoms with van der Waals surface area (Å²) in [6.07, 6.45) is 0. The maximum Gasteiger partial charge on any atom is 0.292 e. The van der Waals surface area contributed by atoms with E-state index in [1.54, 1.807) is 23.5 Å². The van der Waals surface area contributed by atoms with Crippen molar-refractivity contribution in [1.82, 2.24) is 4.98 Å². The summed E-state index contributed by atoms with van der Waals surface area (Å²) >= 11 is 7.29. The Morgan fingerprint density at radius 2 is 2.25 bits per heavy atom. The third-order valence-corrected chi connectivity index (χ3v) is 4.00. The molecule has 0 atom stereocenters. The van der Waals surface area contributed by atoms with Gasteiger partial charge in [-0.1, -0.05) is 6.07 Å². The summed E-state index contributed by atoms with van der Waals surface area (Å²) in [6, 6.07) is 5.05. The first kappa shape index (κ1) is 14.7. The van der Waals surface area contributed by atoms with Gasteiger partial charge in [-0.3, -0.25) is 10.1 Å². The number of benzene rings is 1. The lowest BCUT2D eigenvalue weighted by Crippen LogP contribution is -2.18. The molecule has 0 radical (unpaired) electrons. The molecule has 106 valence electrons. The summed E-state index contributed by atoms with van der Waals surface area (Å²) in [5.41, 5.74) is 2.28. The monoisotopic (exact) mass is 311 g/mol. The van der Waals surface area contributed by atoms with Gasteiger partial charge in [0.05, 0.1) is 22.2 Å². The molecule has 0 amide bonds. The smallest absolute Gasteiger partial charge is 0.292 e. The van der Waals surface area contributed by atoms with Gasteiger partial charge in [-0.2, -0.15) is 0 Å². The fraction of sp³-hybridized carbons (Fsp3) is 0.308. The van der Waals surface area contributed by atoms with Crippen LogP contribution in [0.25, 0.3) is 0 Å². The molecular formula is C13H14ClN3O2S. The summed E-state index contributed by atoms with van der Waals surface area (Å²) in [5.74, 6) is 0.260. The van der Waals surface area contributed by atoms with Gasteiger partial charge in [-0.15, -0.1) is 22.9 Å². The molecule has 0 aliphatic rings. The van der Waals surface area contributed by atoms with Gasteiger partial charge in [-0.25, -0.2) is 4.98 Å². The van der Waals surface area contributed by atoms with E-state index in [2.05, 4.69) is 4.98 Å². The zero-order chi connectivity index (χ0) is 14.7. The Morgan fingerprint density at radius 1 is 1.50 bits per heavy atom. The van der Waals surface area contributed by atoms with E-state index in [0.29, 0.717) is 12.2 Å². The normalized spacial score (nSPS) is 10.6. The molecule has 0 aliphatic heterocycles. The van der Waals surface area contributed by atoms with E-state index in [1.165, 1.54) is 6.07 Å². The van der Waals surface area contributed by atoms with Crippen molar-refractivity contribution in [2.75, 3.05) is 11.9 Å². The van der Waals surface area contributed by atoms with Crippen molar-refractivity contribution in [1.29, 1.82) is 0 Å². The minimum atomic E-state index is -0.381. The molecule has 0 aliphatic carbocycles. The van der Waals surface area contributed by atoms with Crippen LogP contribution < -0.4 is 4.90 Å². The number of nitro benzene ring substituents is 1. The Hall–Kier alpha value is -1.66. The van der Waals surface area contributed by atoms with Crippen molar-refractivity contribution >= 4 is 34.3 Å². The van der Waals surface area contributed by atoms with Crippen molar-refractivity contribution < 1.29 is 4.92 Å². The van der Waals surface area contributed by atoms with E-state index in [0.717, 1.165) is 16.3 Å². The number of alkyl halides is 1. The maximum absolute atomic E-state index is 11.2. The molecule has 2 rings (SSSR count). The van der Waals surface area contributed by atoms with Crippen LogP contribution in [0.4, 0.5) is 11.4 Å². The second-order valence-electron chi connectivity index (χ2n) is 4.43. The Kier molecular flexibility index (Phi) is 4.57. The number of aryl methyl sites for hydroxylation is 1. The van der Waals surface area contributed by atoms with Gasteiger partial charge in [0.15, 0.2) is 0 Å². The first-order valence-corrected chi connectivity index (χ1v) is 7.38. The Bertz CT molecular complexity index is 630. The lowest BCUT2D eigenvalue weighted by atomic mass is 10.2. The van der Waals surface area contributed by atoms with Crippen molar-refractivity contribution in [2.45, 2.75) is 19.3 Å². The average molecular weight is 312 g/mol. The Morgan fingerprint density at radius 3 is 2.80 bits per heavy atom. The summed E-state index contributed by atoms with van der Waals surface area (Å²) in [4.78, 5) is 17.0. The fourth-order valence-corrected chi connectivity index (χ4v) is 2.70.